The highest BCUT2D eigenvalue weighted by Gasteiger charge is 2.22. The second kappa shape index (κ2) is 4.33. The molecule has 2 rings (SSSR count). The van der Waals surface area contributed by atoms with Crippen LogP contribution in [-0.2, 0) is 0 Å². The summed E-state index contributed by atoms with van der Waals surface area (Å²) in [5.74, 6) is 0.879. The first-order chi connectivity index (χ1) is 6.75. The van der Waals surface area contributed by atoms with E-state index in [2.05, 4.69) is 0 Å². The van der Waals surface area contributed by atoms with Crippen molar-refractivity contribution in [3.63, 3.8) is 0 Å². The fourth-order valence-corrected chi connectivity index (χ4v) is 1.88. The predicted octanol–water partition coefficient (Wildman–Crippen LogP) is 3.56. The standard InChI is InChI=1S/C12H15ClO/c13-11-3-1-2-10(8-11)12(14)7-6-9-4-5-9/h1-3,8-9,12,14H,4-7H2. The number of aliphatic hydroxyl groups is 1. The molecule has 1 atom stereocenters. The monoisotopic (exact) mass is 210 g/mol. The molecule has 0 spiro atoms. The second-order valence-electron chi connectivity index (χ2n) is 4.09. The minimum Gasteiger partial charge on any atom is -0.388 e. The Morgan fingerprint density at radius 2 is 2.21 bits per heavy atom. The minimum absolute atomic E-state index is 0.339. The Hall–Kier alpha value is -0.530. The van der Waals surface area contributed by atoms with Crippen molar-refractivity contribution >= 4 is 11.6 Å². The van der Waals surface area contributed by atoms with Crippen molar-refractivity contribution in [1.29, 1.82) is 0 Å². The van der Waals surface area contributed by atoms with Crippen LogP contribution in [0, 0.1) is 5.92 Å². The fraction of sp³-hybridized carbons (Fsp3) is 0.500. The minimum atomic E-state index is -0.339. The summed E-state index contributed by atoms with van der Waals surface area (Å²) in [5.41, 5.74) is 0.943. The first-order valence-corrected chi connectivity index (χ1v) is 5.57. The third kappa shape index (κ3) is 2.73. The smallest absolute Gasteiger partial charge is 0.0790 e. The van der Waals surface area contributed by atoms with Crippen molar-refractivity contribution in [2.45, 2.75) is 31.8 Å². The number of benzene rings is 1. The van der Waals surface area contributed by atoms with Crippen LogP contribution in [0.25, 0.3) is 0 Å². The molecule has 1 aliphatic carbocycles. The molecule has 1 nitrogen and oxygen atoms in total. The summed E-state index contributed by atoms with van der Waals surface area (Å²) in [6.07, 6.45) is 4.37. The Balaban J connectivity index is 1.91. The van der Waals surface area contributed by atoms with E-state index in [1.165, 1.54) is 12.8 Å². The summed E-state index contributed by atoms with van der Waals surface area (Å²) in [6, 6.07) is 7.50. The summed E-state index contributed by atoms with van der Waals surface area (Å²) in [5, 5.41) is 10.6. The van der Waals surface area contributed by atoms with Crippen LogP contribution in [0.4, 0.5) is 0 Å². The highest BCUT2D eigenvalue weighted by molar-refractivity contribution is 6.30. The molecule has 0 aliphatic heterocycles. The van der Waals surface area contributed by atoms with Crippen molar-refractivity contribution in [3.8, 4) is 0 Å². The van der Waals surface area contributed by atoms with Gasteiger partial charge in [-0.1, -0.05) is 36.6 Å². The Kier molecular flexibility index (Phi) is 3.09. The molecule has 1 aromatic carbocycles. The molecule has 1 fully saturated rings. The van der Waals surface area contributed by atoms with Crippen molar-refractivity contribution in [3.05, 3.63) is 34.9 Å². The van der Waals surface area contributed by atoms with E-state index < -0.39 is 0 Å². The molecular weight excluding hydrogens is 196 g/mol. The van der Waals surface area contributed by atoms with E-state index in [1.807, 2.05) is 24.3 Å². The van der Waals surface area contributed by atoms with Gasteiger partial charge >= 0.3 is 0 Å². The van der Waals surface area contributed by atoms with Crippen LogP contribution in [0.3, 0.4) is 0 Å². The average molecular weight is 211 g/mol. The van der Waals surface area contributed by atoms with Crippen molar-refractivity contribution < 1.29 is 5.11 Å². The highest BCUT2D eigenvalue weighted by Crippen LogP contribution is 2.36. The maximum atomic E-state index is 9.86. The van der Waals surface area contributed by atoms with E-state index >= 15 is 0 Å². The van der Waals surface area contributed by atoms with Crippen molar-refractivity contribution in [2.24, 2.45) is 5.92 Å². The molecule has 76 valence electrons. The van der Waals surface area contributed by atoms with Crippen LogP contribution >= 0.6 is 11.6 Å². The van der Waals surface area contributed by atoms with E-state index in [1.54, 1.807) is 0 Å². The number of rotatable bonds is 4. The van der Waals surface area contributed by atoms with Gasteiger partial charge in [-0.25, -0.2) is 0 Å². The largest absolute Gasteiger partial charge is 0.388 e. The van der Waals surface area contributed by atoms with Gasteiger partial charge in [0.15, 0.2) is 0 Å². The quantitative estimate of drug-likeness (QED) is 0.806. The molecule has 0 aromatic heterocycles. The third-order valence-electron chi connectivity index (χ3n) is 2.78. The fourth-order valence-electron chi connectivity index (χ4n) is 1.68. The van der Waals surface area contributed by atoms with Gasteiger partial charge in [-0.3, -0.25) is 0 Å². The maximum absolute atomic E-state index is 9.86. The molecule has 0 radical (unpaired) electrons. The molecule has 2 heteroatoms. The second-order valence-corrected chi connectivity index (χ2v) is 4.53. The van der Waals surface area contributed by atoms with Gasteiger partial charge in [0.2, 0.25) is 0 Å². The number of aliphatic hydroxyl groups excluding tert-OH is 1. The lowest BCUT2D eigenvalue weighted by atomic mass is 10.0. The molecule has 1 aromatic rings. The highest BCUT2D eigenvalue weighted by atomic mass is 35.5. The lowest BCUT2D eigenvalue weighted by Gasteiger charge is -2.10. The summed E-state index contributed by atoms with van der Waals surface area (Å²) in [6.45, 7) is 0. The van der Waals surface area contributed by atoms with Gasteiger partial charge in [-0.15, -0.1) is 0 Å². The zero-order valence-corrected chi connectivity index (χ0v) is 8.87. The van der Waals surface area contributed by atoms with E-state index in [9.17, 15) is 5.11 Å². The van der Waals surface area contributed by atoms with Gasteiger partial charge in [0, 0.05) is 5.02 Å². The Morgan fingerprint density at radius 3 is 2.86 bits per heavy atom. The molecular formula is C12H15ClO. The van der Waals surface area contributed by atoms with Crippen LogP contribution in [0.5, 0.6) is 0 Å². The predicted molar refractivity (Wildman–Crippen MR) is 58.4 cm³/mol. The first kappa shape index (κ1) is 10.0. The molecule has 0 heterocycles. The molecule has 1 unspecified atom stereocenters. The molecule has 1 saturated carbocycles. The third-order valence-corrected chi connectivity index (χ3v) is 3.01. The van der Waals surface area contributed by atoms with Gasteiger partial charge < -0.3 is 5.11 Å². The van der Waals surface area contributed by atoms with Crippen LogP contribution < -0.4 is 0 Å². The first-order valence-electron chi connectivity index (χ1n) is 5.19. The Bertz CT molecular complexity index is 307. The van der Waals surface area contributed by atoms with Gasteiger partial charge in [-0.2, -0.15) is 0 Å². The Morgan fingerprint density at radius 1 is 1.43 bits per heavy atom. The number of hydrogen-bond donors (Lipinski definition) is 1. The molecule has 0 saturated heterocycles. The van der Waals surface area contributed by atoms with Crippen LogP contribution in [0.1, 0.15) is 37.4 Å². The van der Waals surface area contributed by atoms with Crippen molar-refractivity contribution in [1.82, 2.24) is 0 Å². The summed E-state index contributed by atoms with van der Waals surface area (Å²) in [7, 11) is 0. The van der Waals surface area contributed by atoms with Crippen molar-refractivity contribution in [2.75, 3.05) is 0 Å². The van der Waals surface area contributed by atoms with Gasteiger partial charge in [0.05, 0.1) is 6.10 Å². The van der Waals surface area contributed by atoms with Gasteiger partial charge in [0.1, 0.15) is 0 Å². The number of halogens is 1. The van der Waals surface area contributed by atoms with Crippen LogP contribution in [0.15, 0.2) is 24.3 Å². The van der Waals surface area contributed by atoms with E-state index in [0.29, 0.717) is 5.02 Å². The summed E-state index contributed by atoms with van der Waals surface area (Å²) in [4.78, 5) is 0. The average Bonchev–Trinajstić information content (AvgIpc) is 2.97. The lowest BCUT2D eigenvalue weighted by Crippen LogP contribution is -1.97. The number of hydrogen-bond acceptors (Lipinski definition) is 1. The normalized spacial score (nSPS) is 18.1. The summed E-state index contributed by atoms with van der Waals surface area (Å²) < 4.78 is 0. The molecule has 1 N–H and O–H groups in total. The lowest BCUT2D eigenvalue weighted by molar-refractivity contribution is 0.162. The van der Waals surface area contributed by atoms with Crippen LogP contribution in [0.2, 0.25) is 5.02 Å². The zero-order valence-electron chi connectivity index (χ0n) is 8.12. The van der Waals surface area contributed by atoms with Crippen LogP contribution in [-0.4, -0.2) is 5.11 Å². The molecule has 0 bridgehead atoms. The van der Waals surface area contributed by atoms with E-state index in [4.69, 9.17) is 11.6 Å². The Labute approximate surface area is 89.7 Å². The molecule has 1 aliphatic rings. The van der Waals surface area contributed by atoms with E-state index in [0.717, 1.165) is 24.3 Å². The summed E-state index contributed by atoms with van der Waals surface area (Å²) >= 11 is 5.85. The molecule has 0 amide bonds. The maximum Gasteiger partial charge on any atom is 0.0790 e. The zero-order chi connectivity index (χ0) is 9.97. The molecule has 14 heavy (non-hydrogen) atoms. The van der Waals surface area contributed by atoms with E-state index in [-0.39, 0.29) is 6.10 Å². The van der Waals surface area contributed by atoms with Gasteiger partial charge in [0.25, 0.3) is 0 Å². The topological polar surface area (TPSA) is 20.2 Å². The SMILES string of the molecule is OC(CCC1CC1)c1cccc(Cl)c1. The van der Waals surface area contributed by atoms with Gasteiger partial charge in [-0.05, 0) is 36.5 Å².